The van der Waals surface area contributed by atoms with Crippen LogP contribution in [0.15, 0.2) is 255 Å². The summed E-state index contributed by atoms with van der Waals surface area (Å²) < 4.78 is 5.23. The average molecular weight is 927 g/mol. The highest BCUT2D eigenvalue weighted by molar-refractivity contribution is 7.26. The Morgan fingerprint density at radius 3 is 1.06 bits per heavy atom. The molecular weight excluding hydrogens is 885 g/mol. The van der Waals surface area contributed by atoms with Crippen molar-refractivity contribution in [1.82, 2.24) is 0 Å². The highest BCUT2D eigenvalue weighted by Gasteiger charge is 2.27. The van der Waals surface area contributed by atoms with Crippen LogP contribution < -0.4 is 9.80 Å². The Kier molecular flexibility index (Phi) is 9.61. The molecule has 14 aromatic rings. The molecule has 0 fully saturated rings. The van der Waals surface area contributed by atoms with E-state index in [0.717, 1.165) is 44.9 Å². The maximum Gasteiger partial charge on any atom is 0.0620 e. The van der Waals surface area contributed by atoms with Crippen LogP contribution in [0.5, 0.6) is 0 Å². The molecule has 0 amide bonds. The van der Waals surface area contributed by atoms with Crippen LogP contribution in [0.3, 0.4) is 0 Å². The number of hydrogen-bond donors (Lipinski definition) is 0. The lowest BCUT2D eigenvalue weighted by Crippen LogP contribution is -2.14. The Labute approximate surface area is 413 Å². The first-order chi connectivity index (χ1) is 34.7. The first-order valence-electron chi connectivity index (χ1n) is 23.8. The number of fused-ring (bicyclic) bond motifs is 9. The van der Waals surface area contributed by atoms with E-state index in [1.54, 1.807) is 0 Å². The van der Waals surface area contributed by atoms with Crippen molar-refractivity contribution in [2.75, 3.05) is 9.80 Å². The molecular formula is C66H42N2S2. The second kappa shape index (κ2) is 16.6. The zero-order chi connectivity index (χ0) is 46.1. The summed E-state index contributed by atoms with van der Waals surface area (Å²) in [4.78, 5) is 4.99. The van der Waals surface area contributed by atoms with Crippen LogP contribution >= 0.6 is 22.7 Å². The Morgan fingerprint density at radius 1 is 0.243 bits per heavy atom. The SMILES string of the molecule is c1ccc(N(c2cccc(-c3cccc4c3sc3ccccc34)c2)c2c3ccccc3c(N(c3ccccc3)c3cccc(-c4cccc5c4sc4ccccc45)c3)c3cc4ccccc4cc23)cc1. The average Bonchev–Trinajstić information content (AvgIpc) is 4.01. The van der Waals surface area contributed by atoms with E-state index in [1.807, 2.05) is 22.7 Å². The number of para-hydroxylation sites is 2. The predicted molar refractivity (Wildman–Crippen MR) is 305 cm³/mol. The van der Waals surface area contributed by atoms with Crippen LogP contribution in [-0.4, -0.2) is 0 Å². The van der Waals surface area contributed by atoms with Gasteiger partial charge in [-0.25, -0.2) is 0 Å². The Hall–Kier alpha value is -8.54. The van der Waals surface area contributed by atoms with Crippen molar-refractivity contribution in [2.24, 2.45) is 0 Å². The van der Waals surface area contributed by atoms with Crippen molar-refractivity contribution >= 4 is 129 Å². The maximum atomic E-state index is 2.50. The van der Waals surface area contributed by atoms with Crippen molar-refractivity contribution < 1.29 is 0 Å². The molecule has 2 nitrogen and oxygen atoms in total. The van der Waals surface area contributed by atoms with Crippen LogP contribution in [0.4, 0.5) is 34.1 Å². The van der Waals surface area contributed by atoms with Gasteiger partial charge in [0.15, 0.2) is 0 Å². The van der Waals surface area contributed by atoms with Crippen molar-refractivity contribution in [3.8, 4) is 22.3 Å². The number of thiophene rings is 2. The largest absolute Gasteiger partial charge is 0.309 e. The fraction of sp³-hybridized carbons (Fsp3) is 0. The fourth-order valence-electron chi connectivity index (χ4n) is 10.8. The molecule has 14 rings (SSSR count). The standard InChI is InChI=1S/C66H42N2S2/c1-3-23-47(24-4-1)67(49-27-15-21-45(39-49)51-33-17-35-57-53-29-11-13-37-61(53)69-65(51)57)63-55-31-9-10-32-56(55)64(60-42-44-20-8-7-19-43(44)41-59(60)63)68(48-25-5-2-6-26-48)50-28-16-22-46(40-50)52-34-18-36-58-54-30-12-14-38-62(54)70-66(52)58/h1-42H. The van der Waals surface area contributed by atoms with Gasteiger partial charge in [0, 0.05) is 84.6 Å². The number of hydrogen-bond acceptors (Lipinski definition) is 4. The minimum atomic E-state index is 1.09. The van der Waals surface area contributed by atoms with E-state index in [4.69, 9.17) is 0 Å². The lowest BCUT2D eigenvalue weighted by molar-refractivity contribution is 1.30. The third kappa shape index (κ3) is 6.60. The minimum Gasteiger partial charge on any atom is -0.309 e. The molecule has 0 atom stereocenters. The van der Waals surface area contributed by atoms with Gasteiger partial charge in [-0.15, -0.1) is 22.7 Å². The Bertz CT molecular complexity index is 4040. The summed E-state index contributed by atoms with van der Waals surface area (Å²) in [7, 11) is 0. The third-order valence-electron chi connectivity index (χ3n) is 13.9. The molecule has 0 aliphatic rings. The smallest absolute Gasteiger partial charge is 0.0620 e. The molecule has 0 aliphatic heterocycles. The van der Waals surface area contributed by atoms with E-state index in [2.05, 4.69) is 265 Å². The van der Waals surface area contributed by atoms with Gasteiger partial charge in [-0.2, -0.15) is 0 Å². The highest BCUT2D eigenvalue weighted by Crippen LogP contribution is 2.53. The van der Waals surface area contributed by atoms with E-state index >= 15 is 0 Å². The monoisotopic (exact) mass is 926 g/mol. The molecule has 0 saturated heterocycles. The molecule has 328 valence electrons. The van der Waals surface area contributed by atoms with E-state index in [0.29, 0.717) is 0 Å². The normalized spacial score (nSPS) is 11.7. The lowest BCUT2D eigenvalue weighted by atomic mass is 9.92. The van der Waals surface area contributed by atoms with Gasteiger partial charge >= 0.3 is 0 Å². The molecule has 12 aromatic carbocycles. The molecule has 0 saturated carbocycles. The van der Waals surface area contributed by atoms with Crippen LogP contribution in [-0.2, 0) is 0 Å². The number of anilines is 6. The summed E-state index contributed by atoms with van der Waals surface area (Å²) in [5, 5.41) is 12.3. The highest BCUT2D eigenvalue weighted by atomic mass is 32.1. The van der Waals surface area contributed by atoms with Gasteiger partial charge in [0.05, 0.1) is 11.4 Å². The molecule has 4 heteroatoms. The molecule has 0 radical (unpaired) electrons. The van der Waals surface area contributed by atoms with E-state index in [1.165, 1.54) is 84.1 Å². The van der Waals surface area contributed by atoms with E-state index in [-0.39, 0.29) is 0 Å². The molecule has 2 heterocycles. The van der Waals surface area contributed by atoms with Gasteiger partial charge in [-0.05, 0) is 106 Å². The molecule has 70 heavy (non-hydrogen) atoms. The van der Waals surface area contributed by atoms with Gasteiger partial charge in [0.1, 0.15) is 0 Å². The van der Waals surface area contributed by atoms with Gasteiger partial charge in [-0.3, -0.25) is 0 Å². The van der Waals surface area contributed by atoms with Gasteiger partial charge in [0.2, 0.25) is 0 Å². The molecule has 2 aromatic heterocycles. The molecule has 0 unspecified atom stereocenters. The predicted octanol–water partition coefficient (Wildman–Crippen LogP) is 20.2. The van der Waals surface area contributed by atoms with Crippen LogP contribution in [0, 0.1) is 0 Å². The zero-order valence-electron chi connectivity index (χ0n) is 38.0. The summed E-state index contributed by atoms with van der Waals surface area (Å²) >= 11 is 3.76. The Balaban J connectivity index is 1.04. The van der Waals surface area contributed by atoms with Crippen LogP contribution in [0.25, 0.3) is 94.9 Å². The molecule has 0 N–H and O–H groups in total. The van der Waals surface area contributed by atoms with Crippen LogP contribution in [0.2, 0.25) is 0 Å². The van der Waals surface area contributed by atoms with Crippen molar-refractivity contribution in [2.45, 2.75) is 0 Å². The summed E-state index contributed by atoms with van der Waals surface area (Å²) in [5.41, 5.74) is 11.5. The summed E-state index contributed by atoms with van der Waals surface area (Å²) in [6, 6.07) is 93.9. The van der Waals surface area contributed by atoms with E-state index < -0.39 is 0 Å². The minimum absolute atomic E-state index is 1.09. The number of benzene rings is 12. The topological polar surface area (TPSA) is 6.48 Å². The van der Waals surface area contributed by atoms with Gasteiger partial charge in [-0.1, -0.05) is 182 Å². The fourth-order valence-corrected chi connectivity index (χ4v) is 13.3. The Morgan fingerprint density at radius 2 is 0.600 bits per heavy atom. The second-order valence-electron chi connectivity index (χ2n) is 18.0. The molecule has 0 bridgehead atoms. The van der Waals surface area contributed by atoms with Crippen molar-refractivity contribution in [3.63, 3.8) is 0 Å². The van der Waals surface area contributed by atoms with Crippen molar-refractivity contribution in [3.05, 3.63) is 255 Å². The third-order valence-corrected chi connectivity index (χ3v) is 16.4. The number of rotatable bonds is 8. The number of nitrogens with zero attached hydrogens (tertiary/aromatic N) is 2. The van der Waals surface area contributed by atoms with E-state index in [9.17, 15) is 0 Å². The summed E-state index contributed by atoms with van der Waals surface area (Å²) in [6.07, 6.45) is 0. The first-order valence-corrected chi connectivity index (χ1v) is 25.5. The first kappa shape index (κ1) is 40.5. The lowest BCUT2D eigenvalue weighted by Gasteiger charge is -2.33. The summed E-state index contributed by atoms with van der Waals surface area (Å²) in [6.45, 7) is 0. The second-order valence-corrected chi connectivity index (χ2v) is 20.1. The maximum absolute atomic E-state index is 2.50. The quantitative estimate of drug-likeness (QED) is 0.111. The molecule has 0 aliphatic carbocycles. The zero-order valence-corrected chi connectivity index (χ0v) is 39.6. The summed E-state index contributed by atoms with van der Waals surface area (Å²) in [5.74, 6) is 0. The van der Waals surface area contributed by atoms with Gasteiger partial charge < -0.3 is 9.80 Å². The van der Waals surface area contributed by atoms with Crippen molar-refractivity contribution in [1.29, 1.82) is 0 Å². The van der Waals surface area contributed by atoms with Crippen LogP contribution in [0.1, 0.15) is 0 Å². The van der Waals surface area contributed by atoms with Gasteiger partial charge in [0.25, 0.3) is 0 Å². The molecule has 0 spiro atoms.